The van der Waals surface area contributed by atoms with Crippen LogP contribution in [0.15, 0.2) is 6.07 Å². The Morgan fingerprint density at radius 1 is 1.53 bits per heavy atom. The number of halogens is 4. The number of aromatic hydroxyl groups is 1. The summed E-state index contributed by atoms with van der Waals surface area (Å²) in [6.45, 7) is 0. The predicted octanol–water partition coefficient (Wildman–Crippen LogP) is 2.49. The lowest BCUT2D eigenvalue weighted by molar-refractivity contribution is -0.275. The summed E-state index contributed by atoms with van der Waals surface area (Å²) in [5, 5.41) is 17.9. The molecule has 0 aliphatic rings. The number of nitriles is 1. The number of hydrogen-bond donors (Lipinski definition) is 1. The van der Waals surface area contributed by atoms with E-state index in [0.29, 0.717) is 0 Å². The fraction of sp³-hybridized carbons (Fsp3) is 0.333. The van der Waals surface area contributed by atoms with Crippen molar-refractivity contribution in [1.82, 2.24) is 4.98 Å². The lowest BCUT2D eigenvalue weighted by Crippen LogP contribution is -2.17. The normalized spacial score (nSPS) is 11.0. The van der Waals surface area contributed by atoms with Gasteiger partial charge in [-0.3, -0.25) is 4.98 Å². The van der Waals surface area contributed by atoms with Crippen LogP contribution in [0.3, 0.4) is 0 Å². The summed E-state index contributed by atoms with van der Waals surface area (Å²) in [6.07, 6.45) is -5.28. The van der Waals surface area contributed by atoms with Gasteiger partial charge in [0.15, 0.2) is 11.5 Å². The largest absolute Gasteiger partial charge is 0.573 e. The highest BCUT2D eigenvalue weighted by molar-refractivity contribution is 6.16. The first-order chi connectivity index (χ1) is 7.87. The van der Waals surface area contributed by atoms with Crippen LogP contribution in [0.2, 0.25) is 0 Å². The predicted molar refractivity (Wildman–Crippen MR) is 51.5 cm³/mol. The molecule has 0 radical (unpaired) electrons. The zero-order valence-corrected chi connectivity index (χ0v) is 9.01. The lowest BCUT2D eigenvalue weighted by atomic mass is 10.2. The number of rotatable bonds is 3. The highest BCUT2D eigenvalue weighted by Gasteiger charge is 2.33. The maximum absolute atomic E-state index is 12.0. The number of nitrogens with zero attached hydrogens (tertiary/aromatic N) is 2. The van der Waals surface area contributed by atoms with Crippen LogP contribution >= 0.6 is 11.6 Å². The van der Waals surface area contributed by atoms with Crippen LogP contribution in [0.1, 0.15) is 11.4 Å². The van der Waals surface area contributed by atoms with Crippen LogP contribution in [0, 0.1) is 11.3 Å². The van der Waals surface area contributed by atoms with E-state index in [-0.39, 0.29) is 23.7 Å². The van der Waals surface area contributed by atoms with Crippen LogP contribution in [-0.2, 0) is 12.3 Å². The third kappa shape index (κ3) is 3.67. The lowest BCUT2D eigenvalue weighted by Gasteiger charge is -2.12. The molecule has 1 N–H and O–H groups in total. The van der Waals surface area contributed by atoms with Gasteiger partial charge < -0.3 is 9.84 Å². The first kappa shape index (κ1) is 13.4. The summed E-state index contributed by atoms with van der Waals surface area (Å²) < 4.78 is 39.7. The second-order valence-electron chi connectivity index (χ2n) is 2.92. The number of aromatic nitrogens is 1. The van der Waals surface area contributed by atoms with Crippen LogP contribution in [-0.4, -0.2) is 16.5 Å². The standard InChI is InChI=1S/C9H6ClF3N2O2/c10-4-5-3-7(17-9(11,12)13)8(16)6(15-5)1-2-14/h3,16H,1,4H2. The Morgan fingerprint density at radius 2 is 2.18 bits per heavy atom. The monoisotopic (exact) mass is 266 g/mol. The molecular formula is C9H6ClF3N2O2. The quantitative estimate of drug-likeness (QED) is 0.854. The van der Waals surface area contributed by atoms with Gasteiger partial charge in [0.1, 0.15) is 5.69 Å². The van der Waals surface area contributed by atoms with Gasteiger partial charge in [-0.15, -0.1) is 24.8 Å². The van der Waals surface area contributed by atoms with Gasteiger partial charge in [-0.25, -0.2) is 0 Å². The first-order valence-electron chi connectivity index (χ1n) is 4.27. The molecule has 8 heteroatoms. The van der Waals surface area contributed by atoms with Gasteiger partial charge in [-0.05, 0) is 0 Å². The van der Waals surface area contributed by atoms with Gasteiger partial charge in [0.25, 0.3) is 0 Å². The van der Waals surface area contributed by atoms with E-state index in [9.17, 15) is 18.3 Å². The molecule has 0 aliphatic heterocycles. The van der Waals surface area contributed by atoms with E-state index in [2.05, 4.69) is 9.72 Å². The number of hydrogen-bond acceptors (Lipinski definition) is 4. The van der Waals surface area contributed by atoms with Crippen LogP contribution in [0.25, 0.3) is 0 Å². The molecule has 0 bridgehead atoms. The molecular weight excluding hydrogens is 261 g/mol. The van der Waals surface area contributed by atoms with Gasteiger partial charge in [0, 0.05) is 6.07 Å². The first-order valence-corrected chi connectivity index (χ1v) is 4.81. The molecule has 0 atom stereocenters. The smallest absolute Gasteiger partial charge is 0.503 e. The minimum Gasteiger partial charge on any atom is -0.503 e. The molecule has 0 amide bonds. The molecule has 4 nitrogen and oxygen atoms in total. The van der Waals surface area contributed by atoms with Crippen molar-refractivity contribution in [1.29, 1.82) is 5.26 Å². The Labute approximate surface area is 99.2 Å². The second kappa shape index (κ2) is 5.10. The second-order valence-corrected chi connectivity index (χ2v) is 3.19. The Balaban J connectivity index is 3.20. The molecule has 92 valence electrons. The molecule has 1 heterocycles. The average molecular weight is 267 g/mol. The summed E-state index contributed by atoms with van der Waals surface area (Å²) in [5.41, 5.74) is -0.126. The fourth-order valence-electron chi connectivity index (χ4n) is 1.09. The molecule has 17 heavy (non-hydrogen) atoms. The van der Waals surface area contributed by atoms with Crippen molar-refractivity contribution < 1.29 is 23.0 Å². The van der Waals surface area contributed by atoms with E-state index in [4.69, 9.17) is 16.9 Å². The van der Waals surface area contributed by atoms with Crippen molar-refractivity contribution in [2.75, 3.05) is 0 Å². The molecule has 0 unspecified atom stereocenters. The van der Waals surface area contributed by atoms with E-state index < -0.39 is 17.9 Å². The average Bonchev–Trinajstić information content (AvgIpc) is 2.22. The van der Waals surface area contributed by atoms with E-state index in [1.165, 1.54) is 0 Å². The summed E-state index contributed by atoms with van der Waals surface area (Å²) in [6, 6.07) is 2.54. The highest BCUT2D eigenvalue weighted by atomic mass is 35.5. The molecule has 0 spiro atoms. The minimum atomic E-state index is -4.94. The number of ether oxygens (including phenoxy) is 1. The molecule has 0 aliphatic carbocycles. The molecule has 0 aromatic carbocycles. The molecule has 1 aromatic rings. The van der Waals surface area contributed by atoms with Crippen molar-refractivity contribution >= 4 is 11.6 Å². The molecule has 0 fully saturated rings. The zero-order valence-electron chi connectivity index (χ0n) is 8.25. The summed E-state index contributed by atoms with van der Waals surface area (Å²) in [4.78, 5) is 3.72. The topological polar surface area (TPSA) is 66.1 Å². The van der Waals surface area contributed by atoms with Crippen LogP contribution in [0.5, 0.6) is 11.5 Å². The Bertz CT molecular complexity index is 457. The molecule has 1 aromatic heterocycles. The van der Waals surface area contributed by atoms with E-state index in [1.54, 1.807) is 6.07 Å². The highest BCUT2D eigenvalue weighted by Crippen LogP contribution is 2.34. The molecule has 0 saturated carbocycles. The maximum Gasteiger partial charge on any atom is 0.573 e. The van der Waals surface area contributed by atoms with Gasteiger partial charge in [0.2, 0.25) is 0 Å². The van der Waals surface area contributed by atoms with E-state index in [0.717, 1.165) is 6.07 Å². The molecule has 0 saturated heterocycles. The van der Waals surface area contributed by atoms with Crippen molar-refractivity contribution in [3.05, 3.63) is 17.5 Å². The van der Waals surface area contributed by atoms with Crippen LogP contribution < -0.4 is 4.74 Å². The summed E-state index contributed by atoms with van der Waals surface area (Å²) >= 11 is 5.43. The third-order valence-corrected chi connectivity index (χ3v) is 1.97. The Hall–Kier alpha value is -1.68. The van der Waals surface area contributed by atoms with Gasteiger partial charge >= 0.3 is 6.36 Å². The number of pyridine rings is 1. The van der Waals surface area contributed by atoms with E-state index in [1.807, 2.05) is 0 Å². The number of alkyl halides is 4. The van der Waals surface area contributed by atoms with Crippen molar-refractivity contribution in [3.8, 4) is 17.6 Å². The van der Waals surface area contributed by atoms with Crippen LogP contribution in [0.4, 0.5) is 13.2 Å². The SMILES string of the molecule is N#CCc1nc(CCl)cc(OC(F)(F)F)c1O. The van der Waals surface area contributed by atoms with Crippen molar-refractivity contribution in [3.63, 3.8) is 0 Å². The maximum atomic E-state index is 12.0. The van der Waals surface area contributed by atoms with Crippen molar-refractivity contribution in [2.45, 2.75) is 18.7 Å². The molecule has 1 rings (SSSR count). The van der Waals surface area contributed by atoms with E-state index >= 15 is 0 Å². The summed E-state index contributed by atoms with van der Waals surface area (Å²) in [5.74, 6) is -1.78. The third-order valence-electron chi connectivity index (χ3n) is 1.69. The Kier molecular flexibility index (Phi) is 4.02. The van der Waals surface area contributed by atoms with Gasteiger partial charge in [-0.1, -0.05) is 0 Å². The fourth-order valence-corrected chi connectivity index (χ4v) is 1.23. The summed E-state index contributed by atoms with van der Waals surface area (Å²) in [7, 11) is 0. The minimum absolute atomic E-state index is 0.0777. The van der Waals surface area contributed by atoms with Gasteiger partial charge in [0.05, 0.1) is 24.1 Å². The Morgan fingerprint density at radius 3 is 2.65 bits per heavy atom. The zero-order chi connectivity index (χ0) is 13.1. The van der Waals surface area contributed by atoms with Crippen molar-refractivity contribution in [2.24, 2.45) is 0 Å². The van der Waals surface area contributed by atoms with Gasteiger partial charge in [-0.2, -0.15) is 5.26 Å².